The molecular weight excluding hydrogens is 351 g/mol. The van der Waals surface area contributed by atoms with Crippen LogP contribution in [0.3, 0.4) is 0 Å². The minimum atomic E-state index is 0.0325. The van der Waals surface area contributed by atoms with Crippen molar-refractivity contribution in [3.8, 4) is 0 Å². The van der Waals surface area contributed by atoms with E-state index in [9.17, 15) is 4.79 Å². The number of hydrogen-bond acceptors (Lipinski definition) is 1. The molecule has 3 nitrogen and oxygen atoms in total. The lowest BCUT2D eigenvalue weighted by atomic mass is 10.1. The smallest absolute Gasteiger partial charge is 0.224 e. The first-order valence-corrected chi connectivity index (χ1v) is 7.48. The van der Waals surface area contributed by atoms with Crippen LogP contribution < -0.4 is 5.32 Å². The standard InChI is InChI=1S/C13H11BrCl2N2O/c1-5-2-9-6(3-10(19)17-5)11-7(14)4-8(15)12(16)13(11)18-9/h4-5,18H,2-3H2,1H3,(H,17,19). The molecule has 1 amide bonds. The topological polar surface area (TPSA) is 44.9 Å². The second-order valence-electron chi connectivity index (χ2n) is 4.84. The van der Waals surface area contributed by atoms with Gasteiger partial charge in [0.2, 0.25) is 5.91 Å². The van der Waals surface area contributed by atoms with Gasteiger partial charge in [-0.15, -0.1) is 0 Å². The molecule has 1 aromatic heterocycles. The van der Waals surface area contributed by atoms with Crippen molar-refractivity contribution in [2.45, 2.75) is 25.8 Å². The van der Waals surface area contributed by atoms with Crippen LogP contribution in [-0.4, -0.2) is 16.9 Å². The molecule has 0 saturated carbocycles. The van der Waals surface area contributed by atoms with Crippen molar-refractivity contribution in [3.63, 3.8) is 0 Å². The van der Waals surface area contributed by atoms with Crippen molar-refractivity contribution in [2.24, 2.45) is 0 Å². The number of H-pyrrole nitrogens is 1. The molecule has 2 heterocycles. The zero-order valence-electron chi connectivity index (χ0n) is 10.1. The van der Waals surface area contributed by atoms with E-state index in [-0.39, 0.29) is 11.9 Å². The maximum atomic E-state index is 11.9. The van der Waals surface area contributed by atoms with Gasteiger partial charge in [0, 0.05) is 28.0 Å². The Morgan fingerprint density at radius 3 is 2.89 bits per heavy atom. The predicted octanol–water partition coefficient (Wildman–Crippen LogP) is 3.84. The Morgan fingerprint density at radius 2 is 2.16 bits per heavy atom. The van der Waals surface area contributed by atoms with E-state index >= 15 is 0 Å². The highest BCUT2D eigenvalue weighted by Gasteiger charge is 2.24. The zero-order valence-corrected chi connectivity index (χ0v) is 13.2. The Labute approximate surface area is 128 Å². The SMILES string of the molecule is CC1Cc2[nH]c3c(Cl)c(Cl)cc(Br)c3c2CC(=O)N1. The number of carbonyl (C=O) groups excluding carboxylic acids is 1. The van der Waals surface area contributed by atoms with Gasteiger partial charge in [0.15, 0.2) is 0 Å². The minimum Gasteiger partial charge on any atom is -0.357 e. The van der Waals surface area contributed by atoms with E-state index in [0.717, 1.165) is 33.1 Å². The minimum absolute atomic E-state index is 0.0325. The highest BCUT2D eigenvalue weighted by Crippen LogP contribution is 2.39. The van der Waals surface area contributed by atoms with Crippen LogP contribution in [-0.2, 0) is 17.6 Å². The predicted molar refractivity (Wildman–Crippen MR) is 81.0 cm³/mol. The Morgan fingerprint density at radius 1 is 1.42 bits per heavy atom. The second kappa shape index (κ2) is 4.69. The molecule has 2 N–H and O–H groups in total. The molecule has 1 aliphatic heterocycles. The van der Waals surface area contributed by atoms with Crippen LogP contribution in [0.25, 0.3) is 10.9 Å². The zero-order chi connectivity index (χ0) is 13.7. The second-order valence-corrected chi connectivity index (χ2v) is 6.48. The number of fused-ring (bicyclic) bond motifs is 3. The van der Waals surface area contributed by atoms with E-state index in [4.69, 9.17) is 23.2 Å². The van der Waals surface area contributed by atoms with E-state index < -0.39 is 0 Å². The van der Waals surface area contributed by atoms with E-state index in [1.54, 1.807) is 6.07 Å². The summed E-state index contributed by atoms with van der Waals surface area (Å²) in [7, 11) is 0. The lowest BCUT2D eigenvalue weighted by molar-refractivity contribution is -0.120. The number of hydrogen-bond donors (Lipinski definition) is 2. The Bertz CT molecular complexity index is 696. The van der Waals surface area contributed by atoms with Gasteiger partial charge in [-0.2, -0.15) is 0 Å². The molecule has 0 saturated heterocycles. The van der Waals surface area contributed by atoms with Gasteiger partial charge in [-0.1, -0.05) is 39.1 Å². The molecule has 0 fully saturated rings. The maximum Gasteiger partial charge on any atom is 0.224 e. The summed E-state index contributed by atoms with van der Waals surface area (Å²) in [6.07, 6.45) is 1.12. The molecule has 1 unspecified atom stereocenters. The van der Waals surface area contributed by atoms with Gasteiger partial charge in [0.1, 0.15) is 0 Å². The highest BCUT2D eigenvalue weighted by atomic mass is 79.9. The van der Waals surface area contributed by atoms with Crippen molar-refractivity contribution >= 4 is 55.9 Å². The summed E-state index contributed by atoms with van der Waals surface area (Å²) >= 11 is 15.8. The number of benzene rings is 1. The number of halogens is 3. The summed E-state index contributed by atoms with van der Waals surface area (Å²) in [5.74, 6) is 0.0325. The number of amides is 1. The first-order valence-electron chi connectivity index (χ1n) is 5.93. The van der Waals surface area contributed by atoms with Crippen molar-refractivity contribution in [3.05, 3.63) is 31.8 Å². The van der Waals surface area contributed by atoms with E-state index in [1.165, 1.54) is 0 Å². The summed E-state index contributed by atoms with van der Waals surface area (Å²) in [5.41, 5.74) is 2.85. The molecule has 0 aliphatic carbocycles. The van der Waals surface area contributed by atoms with E-state index in [2.05, 4.69) is 26.2 Å². The van der Waals surface area contributed by atoms with Crippen LogP contribution in [0.15, 0.2) is 10.5 Å². The number of nitrogens with one attached hydrogen (secondary N) is 2. The van der Waals surface area contributed by atoms with Gasteiger partial charge in [0.25, 0.3) is 0 Å². The highest BCUT2D eigenvalue weighted by molar-refractivity contribution is 9.10. The molecule has 1 aromatic carbocycles. The fourth-order valence-corrected chi connectivity index (χ4v) is 3.80. The average Bonchev–Trinajstić information content (AvgIpc) is 2.58. The van der Waals surface area contributed by atoms with Gasteiger partial charge in [-0.25, -0.2) is 0 Å². The monoisotopic (exact) mass is 360 g/mol. The number of aromatic nitrogens is 1. The fourth-order valence-electron chi connectivity index (χ4n) is 2.60. The van der Waals surface area contributed by atoms with Gasteiger partial charge >= 0.3 is 0 Å². The molecule has 3 rings (SSSR count). The summed E-state index contributed by atoms with van der Waals surface area (Å²) in [6, 6.07) is 1.88. The molecular formula is C13H11BrCl2N2O. The molecule has 6 heteroatoms. The molecule has 100 valence electrons. The van der Waals surface area contributed by atoms with Gasteiger partial charge < -0.3 is 10.3 Å². The summed E-state index contributed by atoms with van der Waals surface area (Å²) < 4.78 is 0.858. The number of carbonyl (C=O) groups is 1. The quantitative estimate of drug-likeness (QED) is 0.688. The maximum absolute atomic E-state index is 11.9. The largest absolute Gasteiger partial charge is 0.357 e. The number of aromatic amines is 1. The van der Waals surface area contributed by atoms with Gasteiger partial charge in [0.05, 0.1) is 22.0 Å². The Kier molecular flexibility index (Phi) is 3.28. The van der Waals surface area contributed by atoms with Crippen LogP contribution in [0, 0.1) is 0 Å². The van der Waals surface area contributed by atoms with Crippen molar-refractivity contribution in [2.75, 3.05) is 0 Å². The normalized spacial score (nSPS) is 19.2. The van der Waals surface area contributed by atoms with Crippen molar-refractivity contribution in [1.29, 1.82) is 0 Å². The van der Waals surface area contributed by atoms with Crippen LogP contribution in [0.5, 0.6) is 0 Å². The van der Waals surface area contributed by atoms with Crippen molar-refractivity contribution in [1.82, 2.24) is 10.3 Å². The molecule has 0 bridgehead atoms. The van der Waals surface area contributed by atoms with E-state index in [1.807, 2.05) is 6.92 Å². The fraction of sp³-hybridized carbons (Fsp3) is 0.308. The van der Waals surface area contributed by atoms with Crippen molar-refractivity contribution < 1.29 is 4.79 Å². The third-order valence-electron chi connectivity index (χ3n) is 3.37. The molecule has 0 radical (unpaired) electrons. The van der Waals surface area contributed by atoms with Crippen LogP contribution in [0.1, 0.15) is 18.2 Å². The van der Waals surface area contributed by atoms with Gasteiger partial charge in [-0.05, 0) is 18.6 Å². The average molecular weight is 362 g/mol. The lowest BCUT2D eigenvalue weighted by Crippen LogP contribution is -2.32. The Balaban J connectivity index is 2.33. The Hall–Kier alpha value is -0.710. The third kappa shape index (κ3) is 2.16. The van der Waals surface area contributed by atoms with Crippen LogP contribution >= 0.6 is 39.1 Å². The van der Waals surface area contributed by atoms with Crippen LogP contribution in [0.4, 0.5) is 0 Å². The lowest BCUT2D eigenvalue weighted by Gasteiger charge is -2.08. The summed E-state index contributed by atoms with van der Waals surface area (Å²) in [6.45, 7) is 1.99. The molecule has 2 aromatic rings. The number of rotatable bonds is 0. The van der Waals surface area contributed by atoms with Crippen LogP contribution in [0.2, 0.25) is 10.0 Å². The first-order chi connectivity index (χ1) is 8.97. The summed E-state index contributed by atoms with van der Waals surface area (Å²) in [5, 5.41) is 4.90. The first kappa shape index (κ1) is 13.3. The molecule has 19 heavy (non-hydrogen) atoms. The van der Waals surface area contributed by atoms with Gasteiger partial charge in [-0.3, -0.25) is 4.79 Å². The molecule has 1 aliphatic rings. The molecule has 1 atom stereocenters. The van der Waals surface area contributed by atoms with E-state index in [0.29, 0.717) is 16.5 Å². The molecule has 0 spiro atoms. The summed E-state index contributed by atoms with van der Waals surface area (Å²) in [4.78, 5) is 15.2. The third-order valence-corrected chi connectivity index (χ3v) is 4.78.